The molecule has 0 spiro atoms. The van der Waals surface area contributed by atoms with E-state index in [-0.39, 0.29) is 12.1 Å². The van der Waals surface area contributed by atoms with Crippen LogP contribution in [0.3, 0.4) is 0 Å². The second kappa shape index (κ2) is 5.70. The molecule has 1 aliphatic rings. The molecule has 1 heterocycles. The molecule has 4 nitrogen and oxygen atoms in total. The summed E-state index contributed by atoms with van der Waals surface area (Å²) in [5.74, 6) is -0.0289. The van der Waals surface area contributed by atoms with E-state index in [9.17, 15) is 18.0 Å². The fourth-order valence-electron chi connectivity index (χ4n) is 2.03. The van der Waals surface area contributed by atoms with Gasteiger partial charge in [0.2, 0.25) is 0 Å². The maximum atomic E-state index is 12.4. The second-order valence-corrected chi connectivity index (χ2v) is 4.48. The average molecular weight is 289 g/mol. The standard InChI is InChI=1S/C13H14F3NO3/c1-19-12(18)11-6-10(7-17-11)20-9-4-2-8(3-5-9)13(14,15)16/h2-5,10-11,17H,6-7H2,1H3. The zero-order chi connectivity index (χ0) is 14.8. The van der Waals surface area contributed by atoms with E-state index in [4.69, 9.17) is 4.74 Å². The second-order valence-electron chi connectivity index (χ2n) is 4.48. The number of rotatable bonds is 3. The van der Waals surface area contributed by atoms with E-state index in [0.717, 1.165) is 12.1 Å². The molecule has 0 aliphatic carbocycles. The number of ether oxygens (including phenoxy) is 2. The van der Waals surface area contributed by atoms with E-state index < -0.39 is 17.8 Å². The van der Waals surface area contributed by atoms with Crippen molar-refractivity contribution in [2.24, 2.45) is 0 Å². The third-order valence-electron chi connectivity index (χ3n) is 3.06. The maximum absolute atomic E-state index is 12.4. The van der Waals surface area contributed by atoms with Crippen molar-refractivity contribution in [3.05, 3.63) is 29.8 Å². The maximum Gasteiger partial charge on any atom is 0.416 e. The number of carbonyl (C=O) groups is 1. The van der Waals surface area contributed by atoms with Crippen LogP contribution in [0.5, 0.6) is 5.75 Å². The molecule has 1 aromatic rings. The highest BCUT2D eigenvalue weighted by Gasteiger charge is 2.32. The lowest BCUT2D eigenvalue weighted by Crippen LogP contribution is -2.31. The summed E-state index contributed by atoms with van der Waals surface area (Å²) in [5, 5.41) is 2.93. The van der Waals surface area contributed by atoms with Crippen LogP contribution in [-0.4, -0.2) is 31.8 Å². The van der Waals surface area contributed by atoms with Gasteiger partial charge >= 0.3 is 12.1 Å². The van der Waals surface area contributed by atoms with E-state index in [1.807, 2.05) is 0 Å². The third kappa shape index (κ3) is 3.41. The van der Waals surface area contributed by atoms with E-state index in [1.165, 1.54) is 19.2 Å². The fraction of sp³-hybridized carbons (Fsp3) is 0.462. The summed E-state index contributed by atoms with van der Waals surface area (Å²) in [5.41, 5.74) is -0.721. The molecule has 7 heteroatoms. The first kappa shape index (κ1) is 14.6. The Morgan fingerprint density at radius 1 is 1.30 bits per heavy atom. The Hall–Kier alpha value is -1.76. The van der Waals surface area contributed by atoms with Gasteiger partial charge < -0.3 is 14.8 Å². The van der Waals surface area contributed by atoms with Crippen molar-refractivity contribution in [1.29, 1.82) is 0 Å². The van der Waals surface area contributed by atoms with Crippen molar-refractivity contribution in [3.63, 3.8) is 0 Å². The summed E-state index contributed by atoms with van der Waals surface area (Å²) in [4.78, 5) is 11.3. The Labute approximate surface area is 113 Å². The predicted octanol–water partition coefficient (Wildman–Crippen LogP) is 1.99. The van der Waals surface area contributed by atoms with Crippen LogP contribution in [0.25, 0.3) is 0 Å². The van der Waals surface area contributed by atoms with E-state index in [0.29, 0.717) is 18.7 Å². The minimum Gasteiger partial charge on any atom is -0.489 e. The van der Waals surface area contributed by atoms with Crippen LogP contribution in [0.2, 0.25) is 0 Å². The molecular weight excluding hydrogens is 275 g/mol. The molecule has 1 aromatic carbocycles. The highest BCUT2D eigenvalue weighted by molar-refractivity contribution is 5.76. The van der Waals surface area contributed by atoms with Crippen LogP contribution in [0.1, 0.15) is 12.0 Å². The topological polar surface area (TPSA) is 47.6 Å². The minimum absolute atomic E-state index is 0.268. The lowest BCUT2D eigenvalue weighted by Gasteiger charge is -2.13. The molecule has 2 unspecified atom stereocenters. The quantitative estimate of drug-likeness (QED) is 0.865. The van der Waals surface area contributed by atoms with Crippen LogP contribution in [-0.2, 0) is 15.7 Å². The van der Waals surface area contributed by atoms with Crippen LogP contribution >= 0.6 is 0 Å². The van der Waals surface area contributed by atoms with Gasteiger partial charge in [-0.1, -0.05) is 0 Å². The van der Waals surface area contributed by atoms with Crippen molar-refractivity contribution in [3.8, 4) is 5.75 Å². The number of methoxy groups -OCH3 is 1. The molecular formula is C13H14F3NO3. The zero-order valence-corrected chi connectivity index (χ0v) is 10.7. The lowest BCUT2D eigenvalue weighted by atomic mass is 10.2. The van der Waals surface area contributed by atoms with Gasteiger partial charge in [-0.05, 0) is 24.3 Å². The summed E-state index contributed by atoms with van der Waals surface area (Å²) in [6.07, 6.45) is -4.20. The predicted molar refractivity (Wildman–Crippen MR) is 64.3 cm³/mol. The van der Waals surface area contributed by atoms with Crippen molar-refractivity contribution in [1.82, 2.24) is 5.32 Å². The highest BCUT2D eigenvalue weighted by atomic mass is 19.4. The molecule has 0 amide bonds. The number of hydrogen-bond donors (Lipinski definition) is 1. The molecule has 0 saturated carbocycles. The molecule has 1 fully saturated rings. The Morgan fingerprint density at radius 2 is 1.95 bits per heavy atom. The monoisotopic (exact) mass is 289 g/mol. The Kier molecular flexibility index (Phi) is 4.17. The van der Waals surface area contributed by atoms with Gasteiger partial charge in [0.05, 0.1) is 12.7 Å². The largest absolute Gasteiger partial charge is 0.489 e. The van der Waals surface area contributed by atoms with E-state index in [1.54, 1.807) is 0 Å². The van der Waals surface area contributed by atoms with Crippen LogP contribution in [0, 0.1) is 0 Å². The minimum atomic E-state index is -4.36. The van der Waals surface area contributed by atoms with E-state index in [2.05, 4.69) is 10.1 Å². The molecule has 20 heavy (non-hydrogen) atoms. The van der Waals surface area contributed by atoms with Gasteiger partial charge in [-0.25, -0.2) is 0 Å². The number of hydrogen-bond acceptors (Lipinski definition) is 4. The smallest absolute Gasteiger partial charge is 0.416 e. The first-order valence-corrected chi connectivity index (χ1v) is 6.05. The van der Waals surface area contributed by atoms with Gasteiger partial charge in [-0.2, -0.15) is 13.2 Å². The van der Waals surface area contributed by atoms with Gasteiger partial charge in [-0.15, -0.1) is 0 Å². The first-order valence-electron chi connectivity index (χ1n) is 6.05. The summed E-state index contributed by atoms with van der Waals surface area (Å²) < 4.78 is 47.3. The molecule has 110 valence electrons. The van der Waals surface area contributed by atoms with Gasteiger partial charge in [0.25, 0.3) is 0 Å². The number of esters is 1. The summed E-state index contributed by atoms with van der Waals surface area (Å²) in [6, 6.07) is 4.05. The Morgan fingerprint density at radius 3 is 2.50 bits per heavy atom. The summed E-state index contributed by atoms with van der Waals surface area (Å²) in [7, 11) is 1.30. The molecule has 0 bridgehead atoms. The Bertz CT molecular complexity index is 473. The zero-order valence-electron chi connectivity index (χ0n) is 10.7. The van der Waals surface area contributed by atoms with Crippen LogP contribution < -0.4 is 10.1 Å². The summed E-state index contributed by atoms with van der Waals surface area (Å²) >= 11 is 0. The molecule has 1 saturated heterocycles. The molecule has 1 aliphatic heterocycles. The number of nitrogens with one attached hydrogen (secondary N) is 1. The molecule has 2 rings (SSSR count). The highest BCUT2D eigenvalue weighted by Crippen LogP contribution is 2.30. The van der Waals surface area contributed by atoms with Crippen LogP contribution in [0.15, 0.2) is 24.3 Å². The fourth-order valence-corrected chi connectivity index (χ4v) is 2.03. The van der Waals surface area contributed by atoms with Crippen molar-refractivity contribution in [2.75, 3.05) is 13.7 Å². The number of halogens is 3. The van der Waals surface area contributed by atoms with Crippen LogP contribution in [0.4, 0.5) is 13.2 Å². The normalized spacial score (nSPS) is 22.6. The van der Waals surface area contributed by atoms with Crippen molar-refractivity contribution < 1.29 is 27.4 Å². The number of alkyl halides is 3. The van der Waals surface area contributed by atoms with E-state index >= 15 is 0 Å². The molecule has 0 aromatic heterocycles. The molecule has 2 atom stereocenters. The third-order valence-corrected chi connectivity index (χ3v) is 3.06. The number of carbonyl (C=O) groups excluding carboxylic acids is 1. The van der Waals surface area contributed by atoms with Crippen molar-refractivity contribution in [2.45, 2.75) is 24.7 Å². The first-order chi connectivity index (χ1) is 9.40. The SMILES string of the molecule is COC(=O)C1CC(Oc2ccc(C(F)(F)F)cc2)CN1. The average Bonchev–Trinajstić information content (AvgIpc) is 2.86. The van der Waals surface area contributed by atoms with Gasteiger partial charge in [-0.3, -0.25) is 4.79 Å². The molecule has 0 radical (unpaired) electrons. The van der Waals surface area contributed by atoms with Gasteiger partial charge in [0, 0.05) is 13.0 Å². The number of benzene rings is 1. The van der Waals surface area contributed by atoms with Gasteiger partial charge in [0.1, 0.15) is 17.9 Å². The van der Waals surface area contributed by atoms with Gasteiger partial charge in [0.15, 0.2) is 0 Å². The Balaban J connectivity index is 1.93. The lowest BCUT2D eigenvalue weighted by molar-refractivity contribution is -0.142. The summed E-state index contributed by atoms with van der Waals surface area (Å²) in [6.45, 7) is 0.445. The molecule has 1 N–H and O–H groups in total. The van der Waals surface area contributed by atoms with Crippen molar-refractivity contribution >= 4 is 5.97 Å².